The first-order valence-electron chi connectivity index (χ1n) is 7.59. The first-order valence-corrected chi connectivity index (χ1v) is 7.59. The minimum atomic E-state index is -0.486. The fraction of sp³-hybridized carbons (Fsp3) is 0.647. The molecule has 21 heavy (non-hydrogen) atoms. The number of aryl methyl sites for hydroxylation is 2. The number of hydrogen-bond donors (Lipinski definition) is 1. The third-order valence-corrected chi connectivity index (χ3v) is 3.61. The van der Waals surface area contributed by atoms with E-state index in [0.717, 1.165) is 25.4 Å². The van der Waals surface area contributed by atoms with Crippen molar-refractivity contribution in [2.24, 2.45) is 0 Å². The molecule has 1 aromatic carbocycles. The zero-order valence-corrected chi connectivity index (χ0v) is 13.6. The number of morpholine rings is 1. The molecule has 118 valence electrons. The van der Waals surface area contributed by atoms with Crippen molar-refractivity contribution < 1.29 is 14.6 Å². The average Bonchev–Trinajstić information content (AvgIpc) is 2.34. The molecule has 1 fully saturated rings. The molecule has 0 spiro atoms. The maximum Gasteiger partial charge on any atom is 0.119 e. The quantitative estimate of drug-likeness (QED) is 0.903. The minimum absolute atomic E-state index is 0.132. The summed E-state index contributed by atoms with van der Waals surface area (Å²) in [6.45, 7) is 11.6. The Morgan fingerprint density at radius 2 is 1.95 bits per heavy atom. The van der Waals surface area contributed by atoms with E-state index in [9.17, 15) is 5.11 Å². The second-order valence-corrected chi connectivity index (χ2v) is 6.63. The van der Waals surface area contributed by atoms with Gasteiger partial charge in [0.25, 0.3) is 0 Å². The summed E-state index contributed by atoms with van der Waals surface area (Å²) in [6, 6.07) is 6.11. The SMILES string of the molecule is Cc1cc(C)cc(OCC(O)CN2CCOC(C)(C)C2)c1. The number of aliphatic hydroxyl groups is 1. The lowest BCUT2D eigenvalue weighted by Crippen LogP contribution is -2.50. The van der Waals surface area contributed by atoms with Gasteiger partial charge in [-0.2, -0.15) is 0 Å². The molecule has 1 atom stereocenters. The van der Waals surface area contributed by atoms with Crippen LogP contribution in [0.4, 0.5) is 0 Å². The summed E-state index contributed by atoms with van der Waals surface area (Å²) < 4.78 is 11.4. The van der Waals surface area contributed by atoms with Gasteiger partial charge in [0.1, 0.15) is 18.5 Å². The van der Waals surface area contributed by atoms with E-state index in [-0.39, 0.29) is 5.60 Å². The first-order chi connectivity index (χ1) is 9.84. The molecule has 0 aliphatic carbocycles. The van der Waals surface area contributed by atoms with E-state index in [0.29, 0.717) is 13.2 Å². The fourth-order valence-corrected chi connectivity index (χ4v) is 2.83. The van der Waals surface area contributed by atoms with Crippen LogP contribution in [0.25, 0.3) is 0 Å². The smallest absolute Gasteiger partial charge is 0.119 e. The Labute approximate surface area is 127 Å². The minimum Gasteiger partial charge on any atom is -0.491 e. The summed E-state index contributed by atoms with van der Waals surface area (Å²) in [4.78, 5) is 2.24. The molecule has 0 radical (unpaired) electrons. The summed E-state index contributed by atoms with van der Waals surface area (Å²) in [5.74, 6) is 0.828. The molecule has 0 saturated carbocycles. The van der Waals surface area contributed by atoms with Gasteiger partial charge in [0.05, 0.1) is 12.2 Å². The van der Waals surface area contributed by atoms with Crippen LogP contribution in [0.3, 0.4) is 0 Å². The highest BCUT2D eigenvalue weighted by Crippen LogP contribution is 2.18. The van der Waals surface area contributed by atoms with Crippen molar-refractivity contribution in [3.05, 3.63) is 29.3 Å². The summed E-state index contributed by atoms with van der Waals surface area (Å²) in [5.41, 5.74) is 2.22. The average molecular weight is 293 g/mol. The number of ether oxygens (including phenoxy) is 2. The first kappa shape index (κ1) is 16.3. The molecule has 1 heterocycles. The monoisotopic (exact) mass is 293 g/mol. The van der Waals surface area contributed by atoms with E-state index < -0.39 is 6.10 Å². The van der Waals surface area contributed by atoms with Gasteiger partial charge in [-0.05, 0) is 51.0 Å². The predicted molar refractivity (Wildman–Crippen MR) is 83.9 cm³/mol. The molecule has 4 heteroatoms. The highest BCUT2D eigenvalue weighted by Gasteiger charge is 2.28. The van der Waals surface area contributed by atoms with Crippen LogP contribution in [0.5, 0.6) is 5.75 Å². The zero-order valence-electron chi connectivity index (χ0n) is 13.6. The third-order valence-electron chi connectivity index (χ3n) is 3.61. The number of nitrogens with zero attached hydrogens (tertiary/aromatic N) is 1. The van der Waals surface area contributed by atoms with Crippen LogP contribution in [0.2, 0.25) is 0 Å². The molecule has 1 aromatic rings. The second-order valence-electron chi connectivity index (χ2n) is 6.63. The molecule has 0 amide bonds. The molecule has 1 aliphatic heterocycles. The lowest BCUT2D eigenvalue weighted by Gasteiger charge is -2.38. The van der Waals surface area contributed by atoms with E-state index >= 15 is 0 Å². The van der Waals surface area contributed by atoms with Crippen molar-refractivity contribution in [1.29, 1.82) is 0 Å². The van der Waals surface area contributed by atoms with Gasteiger partial charge < -0.3 is 14.6 Å². The summed E-state index contributed by atoms with van der Waals surface area (Å²) in [5, 5.41) is 10.2. The van der Waals surface area contributed by atoms with Gasteiger partial charge in [0.15, 0.2) is 0 Å². The Bertz CT molecular complexity index is 453. The van der Waals surface area contributed by atoms with Gasteiger partial charge in [-0.1, -0.05) is 6.07 Å². The number of hydrogen-bond acceptors (Lipinski definition) is 4. The second kappa shape index (κ2) is 6.77. The topological polar surface area (TPSA) is 41.9 Å². The van der Waals surface area contributed by atoms with Gasteiger partial charge in [0.2, 0.25) is 0 Å². The largest absolute Gasteiger partial charge is 0.491 e. The molecular weight excluding hydrogens is 266 g/mol. The Morgan fingerprint density at radius 1 is 1.29 bits per heavy atom. The Hall–Kier alpha value is -1.10. The molecule has 4 nitrogen and oxygen atoms in total. The standard InChI is InChI=1S/C17H27NO3/c1-13-7-14(2)9-16(8-13)20-11-15(19)10-18-5-6-21-17(3,4)12-18/h7-9,15,19H,5-6,10-12H2,1-4H3. The molecule has 1 N–H and O–H groups in total. The lowest BCUT2D eigenvalue weighted by molar-refractivity contribution is -0.0947. The lowest BCUT2D eigenvalue weighted by atomic mass is 10.1. The maximum atomic E-state index is 10.2. The number of rotatable bonds is 5. The van der Waals surface area contributed by atoms with Gasteiger partial charge in [-0.25, -0.2) is 0 Å². The van der Waals surface area contributed by atoms with Crippen LogP contribution in [-0.2, 0) is 4.74 Å². The van der Waals surface area contributed by atoms with E-state index in [2.05, 4.69) is 24.8 Å². The van der Waals surface area contributed by atoms with E-state index in [1.54, 1.807) is 0 Å². The molecule has 1 saturated heterocycles. The van der Waals surface area contributed by atoms with Crippen LogP contribution >= 0.6 is 0 Å². The summed E-state index contributed by atoms with van der Waals surface area (Å²) in [7, 11) is 0. The molecule has 1 unspecified atom stereocenters. The molecule has 1 aliphatic rings. The van der Waals surface area contributed by atoms with Gasteiger partial charge in [-0.3, -0.25) is 4.90 Å². The van der Waals surface area contributed by atoms with E-state index in [4.69, 9.17) is 9.47 Å². The zero-order chi connectivity index (χ0) is 15.5. The number of aliphatic hydroxyl groups excluding tert-OH is 1. The van der Waals surface area contributed by atoms with Gasteiger partial charge in [0, 0.05) is 19.6 Å². The molecule has 2 rings (SSSR count). The number of β-amino-alcohol motifs (C(OH)–C–C–N with tert-alkyl or cyclic N) is 1. The van der Waals surface area contributed by atoms with Crippen LogP contribution in [0.15, 0.2) is 18.2 Å². The molecule has 0 aromatic heterocycles. The van der Waals surface area contributed by atoms with Crippen molar-refractivity contribution in [1.82, 2.24) is 4.90 Å². The Balaban J connectivity index is 1.80. The summed E-state index contributed by atoms with van der Waals surface area (Å²) >= 11 is 0. The van der Waals surface area contributed by atoms with Crippen molar-refractivity contribution in [2.75, 3.05) is 32.8 Å². The Morgan fingerprint density at radius 3 is 2.57 bits per heavy atom. The Kier molecular flexibility index (Phi) is 5.25. The van der Waals surface area contributed by atoms with Gasteiger partial charge >= 0.3 is 0 Å². The van der Waals surface area contributed by atoms with Gasteiger partial charge in [-0.15, -0.1) is 0 Å². The number of benzene rings is 1. The predicted octanol–water partition coefficient (Wildman–Crippen LogP) is 2.15. The maximum absolute atomic E-state index is 10.2. The van der Waals surface area contributed by atoms with Crippen LogP contribution in [0, 0.1) is 13.8 Å². The fourth-order valence-electron chi connectivity index (χ4n) is 2.83. The normalized spacial score (nSPS) is 20.2. The van der Waals surface area contributed by atoms with E-state index in [1.807, 2.05) is 26.0 Å². The van der Waals surface area contributed by atoms with Crippen molar-refractivity contribution >= 4 is 0 Å². The van der Waals surface area contributed by atoms with E-state index in [1.165, 1.54) is 11.1 Å². The van der Waals surface area contributed by atoms with Crippen LogP contribution in [0.1, 0.15) is 25.0 Å². The summed E-state index contributed by atoms with van der Waals surface area (Å²) in [6.07, 6.45) is -0.486. The van der Waals surface area contributed by atoms with Crippen molar-refractivity contribution in [2.45, 2.75) is 39.4 Å². The molecule has 0 bridgehead atoms. The van der Waals surface area contributed by atoms with Crippen LogP contribution in [-0.4, -0.2) is 54.6 Å². The van der Waals surface area contributed by atoms with Crippen molar-refractivity contribution in [3.63, 3.8) is 0 Å². The molecular formula is C17H27NO3. The highest BCUT2D eigenvalue weighted by atomic mass is 16.5. The highest BCUT2D eigenvalue weighted by molar-refractivity contribution is 5.32. The van der Waals surface area contributed by atoms with Crippen molar-refractivity contribution in [3.8, 4) is 5.75 Å². The third kappa shape index (κ3) is 5.30. The van der Waals surface area contributed by atoms with Crippen LogP contribution < -0.4 is 4.74 Å².